The Balaban J connectivity index is 2.95. The summed E-state index contributed by atoms with van der Waals surface area (Å²) in [7, 11) is -4.93. The summed E-state index contributed by atoms with van der Waals surface area (Å²) in [5.74, 6) is -2.74. The summed E-state index contributed by atoms with van der Waals surface area (Å²) in [6.07, 6.45) is -0.678. The minimum absolute atomic E-state index is 0.300. The van der Waals surface area contributed by atoms with Gasteiger partial charge in [-0.15, -0.1) is 0 Å². The number of amides is 1. The molecule has 1 fully saturated rings. The first kappa shape index (κ1) is 12.6. The first-order chi connectivity index (χ1) is 7.21. The second-order valence-electron chi connectivity index (χ2n) is 3.18. The third kappa shape index (κ3) is 2.76. The van der Waals surface area contributed by atoms with Gasteiger partial charge in [0.25, 0.3) is 5.91 Å². The molecule has 0 aromatic rings. The molecule has 0 N–H and O–H groups in total. The number of carbonyl (C=O) groups excluding carboxylic acids is 3. The Morgan fingerprint density at radius 3 is 2.50 bits per heavy atom. The van der Waals surface area contributed by atoms with E-state index in [1.54, 1.807) is 0 Å². The first-order valence-electron chi connectivity index (χ1n) is 4.18. The predicted octanol–water partition coefficient (Wildman–Crippen LogP) is -1.82. The molecule has 1 aliphatic rings. The molecule has 1 aliphatic heterocycles. The largest absolute Gasteiger partial charge is 0.747 e. The standard InChI is InChI=1S/C7H9NO7S/c1-4(9)15-8-3-5(10)2-6(7(8)11)16(12,13)14/h6H,2-3H2,1H3,(H,12,13,14)/p-1. The molecule has 0 aromatic heterocycles. The Bertz CT molecular complexity index is 438. The van der Waals surface area contributed by atoms with E-state index in [-0.39, 0.29) is 0 Å². The zero-order chi connectivity index (χ0) is 12.5. The van der Waals surface area contributed by atoms with Crippen LogP contribution in [0.25, 0.3) is 0 Å². The minimum Gasteiger partial charge on any atom is -0.747 e. The summed E-state index contributed by atoms with van der Waals surface area (Å²) in [5, 5.41) is -1.71. The summed E-state index contributed by atoms with van der Waals surface area (Å²) in [5.41, 5.74) is 0. The van der Waals surface area contributed by atoms with E-state index in [2.05, 4.69) is 4.84 Å². The van der Waals surface area contributed by atoms with Crippen molar-refractivity contribution in [1.29, 1.82) is 0 Å². The van der Waals surface area contributed by atoms with Gasteiger partial charge in [-0.3, -0.25) is 14.4 Å². The molecule has 16 heavy (non-hydrogen) atoms. The molecule has 0 aliphatic carbocycles. The van der Waals surface area contributed by atoms with Crippen molar-refractivity contribution in [2.45, 2.75) is 18.6 Å². The average molecular weight is 250 g/mol. The van der Waals surface area contributed by atoms with Crippen molar-refractivity contribution >= 4 is 27.8 Å². The van der Waals surface area contributed by atoms with Crippen LogP contribution >= 0.6 is 0 Å². The molecule has 9 heteroatoms. The van der Waals surface area contributed by atoms with Crippen molar-refractivity contribution in [1.82, 2.24) is 5.06 Å². The molecule has 0 saturated carbocycles. The fraction of sp³-hybridized carbons (Fsp3) is 0.571. The molecule has 0 bridgehead atoms. The van der Waals surface area contributed by atoms with Crippen LogP contribution in [-0.4, -0.2) is 47.5 Å². The summed E-state index contributed by atoms with van der Waals surface area (Å²) < 4.78 is 32.0. The van der Waals surface area contributed by atoms with E-state index >= 15 is 0 Å². The van der Waals surface area contributed by atoms with Crippen LogP contribution < -0.4 is 0 Å². The fourth-order valence-corrected chi connectivity index (χ4v) is 1.97. The number of carbonyl (C=O) groups is 3. The average Bonchev–Trinajstić information content (AvgIpc) is 2.07. The number of nitrogens with zero attached hydrogens (tertiary/aromatic N) is 1. The van der Waals surface area contributed by atoms with Crippen LogP contribution in [-0.2, 0) is 29.3 Å². The Kier molecular flexibility index (Phi) is 3.29. The Morgan fingerprint density at radius 1 is 1.50 bits per heavy atom. The predicted molar refractivity (Wildman–Crippen MR) is 46.6 cm³/mol. The normalized spacial score (nSPS) is 22.1. The Hall–Kier alpha value is -1.48. The molecular formula is C7H8NO7S-. The van der Waals surface area contributed by atoms with Gasteiger partial charge in [-0.1, -0.05) is 0 Å². The van der Waals surface area contributed by atoms with E-state index in [0.29, 0.717) is 5.06 Å². The molecule has 1 unspecified atom stereocenters. The van der Waals surface area contributed by atoms with Crippen LogP contribution in [0.4, 0.5) is 0 Å². The number of hydroxylamine groups is 2. The molecule has 0 spiro atoms. The number of hydrogen-bond donors (Lipinski definition) is 0. The van der Waals surface area contributed by atoms with Gasteiger partial charge >= 0.3 is 5.97 Å². The molecule has 90 valence electrons. The summed E-state index contributed by atoms with van der Waals surface area (Å²) in [6.45, 7) is 0.442. The van der Waals surface area contributed by atoms with Crippen LogP contribution in [0.1, 0.15) is 13.3 Å². The molecule has 1 atom stereocenters. The lowest BCUT2D eigenvalue weighted by Gasteiger charge is -2.30. The quantitative estimate of drug-likeness (QED) is 0.529. The van der Waals surface area contributed by atoms with Crippen molar-refractivity contribution in [2.75, 3.05) is 6.54 Å². The lowest BCUT2D eigenvalue weighted by Crippen LogP contribution is -2.51. The van der Waals surface area contributed by atoms with Crippen molar-refractivity contribution in [3.63, 3.8) is 0 Å². The lowest BCUT2D eigenvalue weighted by molar-refractivity contribution is -0.199. The lowest BCUT2D eigenvalue weighted by atomic mass is 10.1. The van der Waals surface area contributed by atoms with Gasteiger partial charge in [-0.2, -0.15) is 5.06 Å². The monoisotopic (exact) mass is 250 g/mol. The van der Waals surface area contributed by atoms with Gasteiger partial charge in [-0.05, 0) is 0 Å². The molecule has 1 rings (SSSR count). The van der Waals surface area contributed by atoms with Crippen LogP contribution in [0.15, 0.2) is 0 Å². The van der Waals surface area contributed by atoms with Gasteiger partial charge in [0.2, 0.25) is 0 Å². The van der Waals surface area contributed by atoms with Gasteiger partial charge in [0, 0.05) is 13.3 Å². The number of ketones is 1. The summed E-state index contributed by atoms with van der Waals surface area (Å²) in [4.78, 5) is 37.3. The van der Waals surface area contributed by atoms with Crippen molar-refractivity contribution < 1.29 is 32.2 Å². The SMILES string of the molecule is CC(=O)ON1CC(=O)CC(S(=O)(=O)[O-])C1=O. The van der Waals surface area contributed by atoms with Crippen molar-refractivity contribution in [3.05, 3.63) is 0 Å². The Labute approximate surface area is 90.9 Å². The maximum atomic E-state index is 11.4. The van der Waals surface area contributed by atoms with E-state index in [9.17, 15) is 27.4 Å². The van der Waals surface area contributed by atoms with Gasteiger partial charge in [-0.25, -0.2) is 8.42 Å². The second-order valence-corrected chi connectivity index (χ2v) is 4.74. The molecule has 0 radical (unpaired) electrons. The topological polar surface area (TPSA) is 121 Å². The van der Waals surface area contributed by atoms with E-state index in [0.717, 1.165) is 6.92 Å². The molecule has 8 nitrogen and oxygen atoms in total. The van der Waals surface area contributed by atoms with E-state index in [4.69, 9.17) is 0 Å². The first-order valence-corrected chi connectivity index (χ1v) is 5.65. The third-order valence-corrected chi connectivity index (χ3v) is 2.91. The maximum absolute atomic E-state index is 11.4. The second kappa shape index (κ2) is 4.18. The highest BCUT2D eigenvalue weighted by atomic mass is 32.2. The number of hydrogen-bond acceptors (Lipinski definition) is 7. The Morgan fingerprint density at radius 2 is 2.06 bits per heavy atom. The molecular weight excluding hydrogens is 242 g/mol. The van der Waals surface area contributed by atoms with E-state index < -0.39 is 46.0 Å². The number of Topliss-reactive ketones (excluding diaryl/α,β-unsaturated/α-hetero) is 1. The van der Waals surface area contributed by atoms with Gasteiger partial charge in [0.15, 0.2) is 5.78 Å². The maximum Gasteiger partial charge on any atom is 0.329 e. The molecule has 0 aromatic carbocycles. The summed E-state index contributed by atoms with van der Waals surface area (Å²) in [6, 6.07) is 0. The zero-order valence-corrected chi connectivity index (χ0v) is 9.02. The zero-order valence-electron chi connectivity index (χ0n) is 8.20. The highest BCUT2D eigenvalue weighted by Crippen LogP contribution is 2.15. The number of rotatable bonds is 2. The van der Waals surface area contributed by atoms with Gasteiger partial charge in [0.05, 0.1) is 0 Å². The van der Waals surface area contributed by atoms with Crippen LogP contribution in [0, 0.1) is 0 Å². The third-order valence-electron chi connectivity index (χ3n) is 1.84. The van der Waals surface area contributed by atoms with Crippen LogP contribution in [0.3, 0.4) is 0 Å². The van der Waals surface area contributed by atoms with Gasteiger partial charge in [0.1, 0.15) is 21.9 Å². The molecule has 1 saturated heterocycles. The molecule has 1 heterocycles. The van der Waals surface area contributed by atoms with Crippen LogP contribution in [0.5, 0.6) is 0 Å². The minimum atomic E-state index is -4.93. The van der Waals surface area contributed by atoms with Crippen molar-refractivity contribution in [3.8, 4) is 0 Å². The highest BCUT2D eigenvalue weighted by molar-refractivity contribution is 7.87. The smallest absolute Gasteiger partial charge is 0.329 e. The fourth-order valence-electron chi connectivity index (χ4n) is 1.22. The van der Waals surface area contributed by atoms with E-state index in [1.165, 1.54) is 0 Å². The molecule has 1 amide bonds. The van der Waals surface area contributed by atoms with Crippen molar-refractivity contribution in [2.24, 2.45) is 0 Å². The van der Waals surface area contributed by atoms with Crippen LogP contribution in [0.2, 0.25) is 0 Å². The highest BCUT2D eigenvalue weighted by Gasteiger charge is 2.39. The number of piperidine rings is 1. The van der Waals surface area contributed by atoms with Gasteiger partial charge < -0.3 is 9.39 Å². The summed E-state index contributed by atoms with van der Waals surface area (Å²) >= 11 is 0. The van der Waals surface area contributed by atoms with E-state index in [1.807, 2.05) is 0 Å².